The highest BCUT2D eigenvalue weighted by molar-refractivity contribution is 7.92. The zero-order valence-electron chi connectivity index (χ0n) is 15.2. The second kappa shape index (κ2) is 7.65. The summed E-state index contributed by atoms with van der Waals surface area (Å²) >= 11 is 0. The van der Waals surface area contributed by atoms with Crippen LogP contribution in [0.3, 0.4) is 0 Å². The maximum atomic E-state index is 13.0. The van der Waals surface area contributed by atoms with Crippen LogP contribution in [0.4, 0.5) is 32.0 Å². The smallest absolute Gasteiger partial charge is 0.416 e. The van der Waals surface area contributed by atoms with Gasteiger partial charge in [0, 0.05) is 6.07 Å². The summed E-state index contributed by atoms with van der Waals surface area (Å²) in [6.45, 7) is 1.47. The molecule has 2 aromatic rings. The van der Waals surface area contributed by atoms with E-state index in [2.05, 4.69) is 0 Å². The van der Waals surface area contributed by atoms with Crippen LogP contribution >= 0.6 is 0 Å². The predicted molar refractivity (Wildman–Crippen MR) is 91.5 cm³/mol. The fraction of sp³-hybridized carbons (Fsp3) is 0.294. The average molecular weight is 443 g/mol. The van der Waals surface area contributed by atoms with Gasteiger partial charge in [0.25, 0.3) is 10.0 Å². The lowest BCUT2D eigenvalue weighted by Crippen LogP contribution is -2.18. The normalized spacial score (nSPS) is 12.6. The molecule has 0 heterocycles. The van der Waals surface area contributed by atoms with Gasteiger partial charge in [0.2, 0.25) is 0 Å². The van der Waals surface area contributed by atoms with E-state index in [1.165, 1.54) is 33.3 Å². The van der Waals surface area contributed by atoms with Gasteiger partial charge >= 0.3 is 12.4 Å². The van der Waals surface area contributed by atoms with E-state index in [0.29, 0.717) is 5.56 Å². The van der Waals surface area contributed by atoms with E-state index in [4.69, 9.17) is 9.47 Å². The number of nitrogens with one attached hydrogen (secondary N) is 1. The van der Waals surface area contributed by atoms with Crippen molar-refractivity contribution in [1.82, 2.24) is 0 Å². The molecule has 160 valence electrons. The quantitative estimate of drug-likeness (QED) is 0.671. The number of ether oxygens (including phenoxy) is 2. The number of hydrogen-bond acceptors (Lipinski definition) is 4. The summed E-state index contributed by atoms with van der Waals surface area (Å²) in [5, 5.41) is 0. The number of hydrogen-bond donors (Lipinski definition) is 1. The molecular weight excluding hydrogens is 428 g/mol. The highest BCUT2D eigenvalue weighted by Crippen LogP contribution is 2.38. The van der Waals surface area contributed by atoms with Crippen molar-refractivity contribution in [2.24, 2.45) is 0 Å². The van der Waals surface area contributed by atoms with Crippen molar-refractivity contribution in [2.45, 2.75) is 24.2 Å². The first-order chi connectivity index (χ1) is 13.2. The van der Waals surface area contributed by atoms with Gasteiger partial charge in [-0.2, -0.15) is 26.3 Å². The lowest BCUT2D eigenvalue weighted by Gasteiger charge is -2.17. The molecule has 0 saturated heterocycles. The molecule has 12 heteroatoms. The third kappa shape index (κ3) is 5.05. The topological polar surface area (TPSA) is 64.6 Å². The third-order valence-corrected chi connectivity index (χ3v) is 5.19. The van der Waals surface area contributed by atoms with Crippen molar-refractivity contribution in [3.8, 4) is 11.5 Å². The Hall–Kier alpha value is -2.63. The van der Waals surface area contributed by atoms with E-state index in [1.54, 1.807) is 0 Å². The number of aryl methyl sites for hydroxylation is 1. The molecule has 0 aliphatic carbocycles. The number of methoxy groups -OCH3 is 2. The van der Waals surface area contributed by atoms with Gasteiger partial charge in [0.05, 0.1) is 35.9 Å². The Balaban J connectivity index is 2.59. The van der Waals surface area contributed by atoms with Gasteiger partial charge in [-0.25, -0.2) is 8.42 Å². The molecule has 0 fully saturated rings. The standard InChI is InChI=1S/C17H15F6NO4S/c1-9-4-14(27-2)15(28-3)8-13(9)24-29(25,26)12-6-10(16(18,19)20)5-11(7-12)17(21,22)23/h4-8,24H,1-3H3. The summed E-state index contributed by atoms with van der Waals surface area (Å²) in [5.41, 5.74) is -3.28. The summed E-state index contributed by atoms with van der Waals surface area (Å²) in [6.07, 6.45) is -10.4. The highest BCUT2D eigenvalue weighted by Gasteiger charge is 2.38. The molecule has 0 amide bonds. The monoisotopic (exact) mass is 443 g/mol. The van der Waals surface area contributed by atoms with Gasteiger partial charge in [-0.3, -0.25) is 4.72 Å². The first kappa shape index (κ1) is 22.7. The number of halogens is 6. The van der Waals surface area contributed by atoms with Gasteiger partial charge in [-0.05, 0) is 36.8 Å². The Morgan fingerprint density at radius 3 is 1.66 bits per heavy atom. The van der Waals surface area contributed by atoms with E-state index in [-0.39, 0.29) is 35.4 Å². The second-order valence-corrected chi connectivity index (χ2v) is 7.55. The van der Waals surface area contributed by atoms with Crippen LogP contribution < -0.4 is 14.2 Å². The van der Waals surface area contributed by atoms with Gasteiger partial charge in [-0.1, -0.05) is 0 Å². The number of benzene rings is 2. The molecule has 0 aromatic heterocycles. The molecule has 0 unspecified atom stereocenters. The summed E-state index contributed by atoms with van der Waals surface area (Å²) in [4.78, 5) is -1.19. The number of alkyl halides is 6. The zero-order valence-corrected chi connectivity index (χ0v) is 16.0. The first-order valence-electron chi connectivity index (χ1n) is 7.74. The molecule has 0 atom stereocenters. The highest BCUT2D eigenvalue weighted by atomic mass is 32.2. The van der Waals surface area contributed by atoms with Crippen molar-refractivity contribution in [3.63, 3.8) is 0 Å². The Labute approximate surface area is 162 Å². The molecule has 2 aromatic carbocycles. The summed E-state index contributed by atoms with van der Waals surface area (Å²) < 4.78 is 115. The van der Waals surface area contributed by atoms with Crippen molar-refractivity contribution in [3.05, 3.63) is 47.0 Å². The Morgan fingerprint density at radius 1 is 0.793 bits per heavy atom. The van der Waals surface area contributed by atoms with Gasteiger partial charge in [0.1, 0.15) is 0 Å². The minimum Gasteiger partial charge on any atom is -0.493 e. The van der Waals surface area contributed by atoms with Crippen LogP contribution in [0.15, 0.2) is 35.2 Å². The Kier molecular flexibility index (Phi) is 5.98. The van der Waals surface area contributed by atoms with E-state index < -0.39 is 38.4 Å². The molecule has 0 spiro atoms. The van der Waals surface area contributed by atoms with Gasteiger partial charge in [0.15, 0.2) is 11.5 Å². The van der Waals surface area contributed by atoms with Crippen LogP contribution in [0.25, 0.3) is 0 Å². The SMILES string of the molecule is COc1cc(C)c(NS(=O)(=O)c2cc(C(F)(F)F)cc(C(F)(F)F)c2)cc1OC. The van der Waals surface area contributed by atoms with Crippen molar-refractivity contribution in [2.75, 3.05) is 18.9 Å². The van der Waals surface area contributed by atoms with Crippen LogP contribution in [0.5, 0.6) is 11.5 Å². The van der Waals surface area contributed by atoms with Crippen molar-refractivity contribution in [1.29, 1.82) is 0 Å². The molecule has 1 N–H and O–H groups in total. The fourth-order valence-electron chi connectivity index (χ4n) is 2.38. The van der Waals surface area contributed by atoms with Crippen molar-refractivity contribution < 1.29 is 44.2 Å². The molecule has 29 heavy (non-hydrogen) atoms. The average Bonchev–Trinajstić information content (AvgIpc) is 2.61. The summed E-state index contributed by atoms with van der Waals surface area (Å²) in [6, 6.07) is 2.70. The van der Waals surface area contributed by atoms with Gasteiger partial charge in [-0.15, -0.1) is 0 Å². The second-order valence-electron chi connectivity index (χ2n) is 5.87. The number of sulfonamides is 1. The van der Waals surface area contributed by atoms with Crippen LogP contribution in [-0.2, 0) is 22.4 Å². The molecule has 0 bridgehead atoms. The van der Waals surface area contributed by atoms with E-state index in [0.717, 1.165) is 0 Å². The first-order valence-corrected chi connectivity index (χ1v) is 9.22. The lowest BCUT2D eigenvalue weighted by atomic mass is 10.1. The molecule has 0 aliphatic heterocycles. The third-order valence-electron chi connectivity index (χ3n) is 3.85. The number of anilines is 1. The Morgan fingerprint density at radius 2 is 1.24 bits per heavy atom. The lowest BCUT2D eigenvalue weighted by molar-refractivity contribution is -0.143. The minimum absolute atomic E-state index is 0.103. The summed E-state index contributed by atoms with van der Waals surface area (Å²) in [7, 11) is -2.18. The van der Waals surface area contributed by atoms with Gasteiger partial charge < -0.3 is 9.47 Å². The van der Waals surface area contributed by atoms with E-state index >= 15 is 0 Å². The minimum atomic E-state index is -5.18. The van der Waals surface area contributed by atoms with Crippen LogP contribution in [0.2, 0.25) is 0 Å². The molecule has 0 saturated carbocycles. The number of rotatable bonds is 5. The molecular formula is C17H15F6NO4S. The molecule has 0 aliphatic rings. The molecule has 2 rings (SSSR count). The maximum Gasteiger partial charge on any atom is 0.416 e. The summed E-state index contributed by atoms with van der Waals surface area (Å²) in [5.74, 6) is 0.363. The maximum absolute atomic E-state index is 13.0. The fourth-order valence-corrected chi connectivity index (χ4v) is 3.57. The van der Waals surface area contributed by atoms with E-state index in [1.807, 2.05) is 4.72 Å². The van der Waals surface area contributed by atoms with Crippen LogP contribution in [-0.4, -0.2) is 22.6 Å². The van der Waals surface area contributed by atoms with E-state index in [9.17, 15) is 34.8 Å². The van der Waals surface area contributed by atoms with Crippen molar-refractivity contribution >= 4 is 15.7 Å². The van der Waals surface area contributed by atoms with Crippen LogP contribution in [0.1, 0.15) is 16.7 Å². The zero-order chi connectivity index (χ0) is 22.2. The van der Waals surface area contributed by atoms with Crippen LogP contribution in [0, 0.1) is 6.92 Å². The predicted octanol–water partition coefficient (Wildman–Crippen LogP) is 4.85. The molecule has 5 nitrogen and oxygen atoms in total. The molecule has 0 radical (unpaired) electrons. The largest absolute Gasteiger partial charge is 0.493 e. The Bertz CT molecular complexity index is 984.